The SMILES string of the molecule is NC1CCN(C(=O)[C@@H]2CCCN(C3CCN(C4Cc5ccccc5C4)CC3)C2)CC1. The van der Waals surface area contributed by atoms with E-state index in [0.29, 0.717) is 18.0 Å². The number of nitrogens with zero attached hydrogens (tertiary/aromatic N) is 3. The molecule has 1 aromatic carbocycles. The van der Waals surface area contributed by atoms with E-state index in [2.05, 4.69) is 39.0 Å². The third kappa shape index (κ3) is 4.30. The first-order chi connectivity index (χ1) is 14.7. The lowest BCUT2D eigenvalue weighted by Crippen LogP contribution is -2.53. The lowest BCUT2D eigenvalue weighted by atomic mass is 9.91. The number of hydrogen-bond acceptors (Lipinski definition) is 4. The summed E-state index contributed by atoms with van der Waals surface area (Å²) in [5.41, 5.74) is 9.14. The van der Waals surface area contributed by atoms with Gasteiger partial charge in [0.2, 0.25) is 5.91 Å². The predicted molar refractivity (Wildman–Crippen MR) is 120 cm³/mol. The maximum atomic E-state index is 13.1. The zero-order chi connectivity index (χ0) is 20.5. The van der Waals surface area contributed by atoms with E-state index in [4.69, 9.17) is 5.73 Å². The van der Waals surface area contributed by atoms with E-state index >= 15 is 0 Å². The molecule has 0 radical (unpaired) electrons. The fourth-order valence-corrected chi connectivity index (χ4v) is 6.33. The molecule has 3 heterocycles. The first-order valence-electron chi connectivity index (χ1n) is 12.3. The van der Waals surface area contributed by atoms with E-state index in [-0.39, 0.29) is 12.0 Å². The van der Waals surface area contributed by atoms with Crippen LogP contribution in [0, 0.1) is 5.92 Å². The maximum Gasteiger partial charge on any atom is 0.226 e. The van der Waals surface area contributed by atoms with Crippen LogP contribution in [0.4, 0.5) is 0 Å². The standard InChI is InChI=1S/C25H38N4O/c26-22-7-12-28(13-8-22)25(30)21-6-3-11-29(18-21)23-9-14-27(15-10-23)24-16-19-4-1-2-5-20(19)17-24/h1-2,4-5,21-24H,3,6-18,26H2/t21-/m1/s1. The normalized spacial score (nSPS) is 28.0. The molecule has 5 rings (SSSR count). The van der Waals surface area contributed by atoms with Gasteiger partial charge in [-0.25, -0.2) is 0 Å². The van der Waals surface area contributed by atoms with E-state index in [0.717, 1.165) is 38.9 Å². The van der Waals surface area contributed by atoms with E-state index in [9.17, 15) is 4.79 Å². The predicted octanol–water partition coefficient (Wildman–Crippen LogP) is 2.28. The fraction of sp³-hybridized carbons (Fsp3) is 0.720. The highest BCUT2D eigenvalue weighted by Gasteiger charge is 2.36. The average Bonchev–Trinajstić information content (AvgIpc) is 3.24. The van der Waals surface area contributed by atoms with Gasteiger partial charge in [0, 0.05) is 37.8 Å². The largest absolute Gasteiger partial charge is 0.342 e. The molecular weight excluding hydrogens is 372 g/mol. The molecule has 3 saturated heterocycles. The van der Waals surface area contributed by atoms with Crippen molar-refractivity contribution in [2.45, 2.75) is 69.5 Å². The van der Waals surface area contributed by atoms with Gasteiger partial charge in [0.25, 0.3) is 0 Å². The second-order valence-electron chi connectivity index (χ2n) is 10.1. The Bertz CT molecular complexity index is 711. The molecule has 1 atom stereocenters. The van der Waals surface area contributed by atoms with Gasteiger partial charge in [-0.2, -0.15) is 0 Å². The van der Waals surface area contributed by atoms with Gasteiger partial charge in [0.05, 0.1) is 5.92 Å². The molecule has 1 aromatic rings. The van der Waals surface area contributed by atoms with Gasteiger partial charge in [-0.05, 0) is 82.1 Å². The number of piperidine rings is 3. The number of fused-ring (bicyclic) bond motifs is 1. The lowest BCUT2D eigenvalue weighted by molar-refractivity contribution is -0.138. The summed E-state index contributed by atoms with van der Waals surface area (Å²) in [5, 5.41) is 0. The van der Waals surface area contributed by atoms with E-state index in [1.807, 2.05) is 0 Å². The summed E-state index contributed by atoms with van der Waals surface area (Å²) >= 11 is 0. The average molecular weight is 411 g/mol. The summed E-state index contributed by atoms with van der Waals surface area (Å²) in [6.45, 7) is 6.29. The van der Waals surface area contributed by atoms with Crippen LogP contribution in [0.2, 0.25) is 0 Å². The molecule has 0 unspecified atom stereocenters. The molecule has 0 bridgehead atoms. The molecule has 3 fully saturated rings. The maximum absolute atomic E-state index is 13.1. The van der Waals surface area contributed by atoms with Crippen molar-refractivity contribution in [2.24, 2.45) is 11.7 Å². The Hall–Kier alpha value is -1.43. The van der Waals surface area contributed by atoms with Crippen molar-refractivity contribution in [1.29, 1.82) is 0 Å². The molecule has 2 N–H and O–H groups in total. The van der Waals surface area contributed by atoms with Gasteiger partial charge >= 0.3 is 0 Å². The number of amides is 1. The molecule has 4 aliphatic rings. The summed E-state index contributed by atoms with van der Waals surface area (Å²) in [6.07, 6.45) is 9.12. The smallest absolute Gasteiger partial charge is 0.226 e. The molecule has 0 spiro atoms. The first kappa shape index (κ1) is 20.5. The number of likely N-dealkylation sites (tertiary alicyclic amines) is 3. The summed E-state index contributed by atoms with van der Waals surface area (Å²) < 4.78 is 0. The topological polar surface area (TPSA) is 52.8 Å². The Balaban J connectivity index is 1.12. The van der Waals surface area contributed by atoms with Crippen molar-refractivity contribution >= 4 is 5.91 Å². The highest BCUT2D eigenvalue weighted by atomic mass is 16.2. The van der Waals surface area contributed by atoms with E-state index in [1.165, 1.54) is 51.7 Å². The van der Waals surface area contributed by atoms with Crippen LogP contribution in [-0.2, 0) is 17.6 Å². The Morgan fingerprint density at radius 2 is 1.47 bits per heavy atom. The van der Waals surface area contributed by atoms with Crippen LogP contribution in [0.25, 0.3) is 0 Å². The summed E-state index contributed by atoms with van der Waals surface area (Å²) in [7, 11) is 0. The Kier molecular flexibility index (Phi) is 6.12. The Labute approximate surface area is 181 Å². The lowest BCUT2D eigenvalue weighted by Gasteiger charge is -2.44. The number of hydrogen-bond donors (Lipinski definition) is 1. The van der Waals surface area contributed by atoms with Crippen molar-refractivity contribution in [3.8, 4) is 0 Å². The quantitative estimate of drug-likeness (QED) is 0.831. The molecular formula is C25H38N4O. The van der Waals surface area contributed by atoms with Crippen molar-refractivity contribution in [1.82, 2.24) is 14.7 Å². The van der Waals surface area contributed by atoms with Crippen LogP contribution < -0.4 is 5.73 Å². The molecule has 0 saturated carbocycles. The van der Waals surface area contributed by atoms with E-state index in [1.54, 1.807) is 11.1 Å². The summed E-state index contributed by atoms with van der Waals surface area (Å²) in [4.78, 5) is 20.6. The molecule has 1 amide bonds. The van der Waals surface area contributed by atoms with Crippen LogP contribution in [0.15, 0.2) is 24.3 Å². The van der Waals surface area contributed by atoms with E-state index < -0.39 is 0 Å². The summed E-state index contributed by atoms with van der Waals surface area (Å²) in [6, 6.07) is 10.6. The number of carbonyl (C=O) groups excluding carboxylic acids is 1. The molecule has 30 heavy (non-hydrogen) atoms. The van der Waals surface area contributed by atoms with Crippen molar-refractivity contribution < 1.29 is 4.79 Å². The summed E-state index contributed by atoms with van der Waals surface area (Å²) in [5.74, 6) is 0.600. The van der Waals surface area contributed by atoms with Gasteiger partial charge in [0.1, 0.15) is 0 Å². The second-order valence-corrected chi connectivity index (χ2v) is 10.1. The van der Waals surface area contributed by atoms with Crippen LogP contribution in [0.3, 0.4) is 0 Å². The third-order valence-electron chi connectivity index (χ3n) is 8.21. The van der Waals surface area contributed by atoms with Gasteiger partial charge in [0.15, 0.2) is 0 Å². The Morgan fingerprint density at radius 1 is 0.800 bits per heavy atom. The minimum Gasteiger partial charge on any atom is -0.342 e. The monoisotopic (exact) mass is 410 g/mol. The minimum atomic E-state index is 0.204. The van der Waals surface area contributed by atoms with Crippen LogP contribution >= 0.6 is 0 Å². The molecule has 5 nitrogen and oxygen atoms in total. The fourth-order valence-electron chi connectivity index (χ4n) is 6.33. The molecule has 3 aliphatic heterocycles. The van der Waals surface area contributed by atoms with Gasteiger partial charge < -0.3 is 10.6 Å². The number of carbonyl (C=O) groups is 1. The minimum absolute atomic E-state index is 0.204. The molecule has 1 aliphatic carbocycles. The van der Waals surface area contributed by atoms with Crippen LogP contribution in [-0.4, -0.2) is 78.0 Å². The number of rotatable bonds is 3. The van der Waals surface area contributed by atoms with Crippen LogP contribution in [0.1, 0.15) is 49.7 Å². The zero-order valence-corrected chi connectivity index (χ0v) is 18.3. The van der Waals surface area contributed by atoms with Gasteiger partial charge in [-0.3, -0.25) is 14.6 Å². The highest BCUT2D eigenvalue weighted by Crippen LogP contribution is 2.30. The highest BCUT2D eigenvalue weighted by molar-refractivity contribution is 5.79. The molecule has 164 valence electrons. The van der Waals surface area contributed by atoms with Crippen molar-refractivity contribution in [3.05, 3.63) is 35.4 Å². The third-order valence-corrected chi connectivity index (χ3v) is 8.21. The number of benzene rings is 1. The Morgan fingerprint density at radius 3 is 2.13 bits per heavy atom. The second kappa shape index (κ2) is 8.97. The first-order valence-corrected chi connectivity index (χ1v) is 12.3. The molecule has 0 aromatic heterocycles. The van der Waals surface area contributed by atoms with Crippen molar-refractivity contribution in [3.63, 3.8) is 0 Å². The molecule has 5 heteroatoms. The zero-order valence-electron chi connectivity index (χ0n) is 18.3. The number of nitrogens with two attached hydrogens (primary N) is 1. The van der Waals surface area contributed by atoms with Gasteiger partial charge in [-0.15, -0.1) is 0 Å². The van der Waals surface area contributed by atoms with Gasteiger partial charge in [-0.1, -0.05) is 24.3 Å². The van der Waals surface area contributed by atoms with Crippen molar-refractivity contribution in [2.75, 3.05) is 39.3 Å². The van der Waals surface area contributed by atoms with Crippen LogP contribution in [0.5, 0.6) is 0 Å².